The van der Waals surface area contributed by atoms with E-state index in [9.17, 15) is 14.9 Å². The lowest BCUT2D eigenvalue weighted by Gasteiger charge is -2.35. The van der Waals surface area contributed by atoms with E-state index in [1.165, 1.54) is 55.3 Å². The minimum absolute atomic E-state index is 0. The molecule has 0 spiro atoms. The van der Waals surface area contributed by atoms with Crippen LogP contribution in [0.3, 0.4) is 0 Å². The molecule has 8 nitrogen and oxygen atoms in total. The molecule has 4 rings (SSSR count). The minimum atomic E-state index is -0.339. The zero-order valence-electron chi connectivity index (χ0n) is 23.4. The first-order valence-corrected chi connectivity index (χ1v) is 14.7. The van der Waals surface area contributed by atoms with Crippen LogP contribution in [0.1, 0.15) is 62.1 Å². The average molecular weight is 614 g/mol. The molecule has 0 bridgehead atoms. The zero-order valence-corrected chi connectivity index (χ0v) is 25.9. The van der Waals surface area contributed by atoms with Crippen LogP contribution in [0.4, 0.5) is 5.69 Å². The smallest absolute Gasteiger partial charge is 0.311 e. The quantitative estimate of drug-likeness (QED) is 0.118. The summed E-state index contributed by atoms with van der Waals surface area (Å²) in [7, 11) is 1.50. The number of nitrogens with one attached hydrogen (secondary N) is 2. The molecule has 1 aliphatic rings. The number of aryl methyl sites for hydroxylation is 1. The highest BCUT2D eigenvalue weighted by Gasteiger charge is 2.27. The van der Waals surface area contributed by atoms with Crippen LogP contribution in [0.2, 0.25) is 0 Å². The van der Waals surface area contributed by atoms with Gasteiger partial charge in [0.15, 0.2) is 5.75 Å². The lowest BCUT2D eigenvalue weighted by molar-refractivity contribution is -0.385. The zero-order chi connectivity index (χ0) is 26.9. The number of ether oxygens (including phenoxy) is 1. The van der Waals surface area contributed by atoms with E-state index in [1.807, 2.05) is 12.1 Å². The van der Waals surface area contributed by atoms with Crippen molar-refractivity contribution in [3.8, 4) is 5.75 Å². The number of methoxy groups -OCH3 is 1. The molecule has 0 saturated carbocycles. The van der Waals surface area contributed by atoms with Gasteiger partial charge in [0, 0.05) is 12.1 Å². The summed E-state index contributed by atoms with van der Waals surface area (Å²) >= 11 is 1.27. The molecule has 11 heteroatoms. The van der Waals surface area contributed by atoms with Crippen molar-refractivity contribution in [1.82, 2.24) is 15.2 Å². The molecule has 0 aliphatic heterocycles. The van der Waals surface area contributed by atoms with E-state index in [1.54, 1.807) is 6.07 Å². The van der Waals surface area contributed by atoms with Crippen molar-refractivity contribution in [2.45, 2.75) is 70.8 Å². The summed E-state index contributed by atoms with van der Waals surface area (Å²) in [5, 5.41) is 15.0. The predicted octanol–water partition coefficient (Wildman–Crippen LogP) is 6.31. The predicted molar refractivity (Wildman–Crippen MR) is 169 cm³/mol. The topological polar surface area (TPSA) is 100 Å². The van der Waals surface area contributed by atoms with Crippen LogP contribution in [-0.4, -0.2) is 54.1 Å². The maximum absolute atomic E-state index is 11.5. The molecule has 2 aromatic carbocycles. The minimum Gasteiger partial charge on any atom is -0.490 e. The van der Waals surface area contributed by atoms with E-state index in [0.717, 1.165) is 74.1 Å². The standard InChI is InChI=1S/C29H40N4O4S.2ClH/c1-3-15-32(24-10-9-22-20-27(37-2)26(33(35)36)19-23(22)18-24)16-7-5-4-6-13-30-14-12-21-8-11-25-28(17-21)38-29(34)31-25;;/h8,11,17,19-20,24,30H,3-7,9-10,12-16,18H2,1-2H3,(H,31,34);2*1H/t24-;;/m1../s1. The van der Waals surface area contributed by atoms with Gasteiger partial charge >= 0.3 is 10.6 Å². The van der Waals surface area contributed by atoms with E-state index < -0.39 is 0 Å². The molecule has 3 aromatic rings. The Bertz CT molecular complexity index is 1280. The number of H-pyrrole nitrogens is 1. The number of hydrogen-bond donors (Lipinski definition) is 2. The summed E-state index contributed by atoms with van der Waals surface area (Å²) in [6.45, 7) is 6.37. The molecule has 0 radical (unpaired) electrons. The molecule has 1 heterocycles. The van der Waals surface area contributed by atoms with Crippen molar-refractivity contribution in [3.63, 3.8) is 0 Å². The van der Waals surface area contributed by atoms with Crippen molar-refractivity contribution in [2.75, 3.05) is 33.3 Å². The summed E-state index contributed by atoms with van der Waals surface area (Å²) in [6, 6.07) is 10.3. The van der Waals surface area contributed by atoms with Crippen LogP contribution in [0, 0.1) is 10.1 Å². The highest BCUT2D eigenvalue weighted by molar-refractivity contribution is 7.16. The first-order valence-electron chi connectivity index (χ1n) is 13.9. The molecule has 1 atom stereocenters. The van der Waals surface area contributed by atoms with Gasteiger partial charge < -0.3 is 19.9 Å². The van der Waals surface area contributed by atoms with Crippen molar-refractivity contribution < 1.29 is 9.66 Å². The molecule has 0 fully saturated rings. The van der Waals surface area contributed by atoms with Crippen LogP contribution in [0.5, 0.6) is 5.75 Å². The van der Waals surface area contributed by atoms with Crippen LogP contribution in [0.25, 0.3) is 10.2 Å². The lowest BCUT2D eigenvalue weighted by atomic mass is 9.86. The molecular formula is C29H42Cl2N4O4S. The molecule has 2 N–H and O–H groups in total. The molecular weight excluding hydrogens is 571 g/mol. The van der Waals surface area contributed by atoms with E-state index in [2.05, 4.69) is 34.3 Å². The first-order chi connectivity index (χ1) is 18.5. The lowest BCUT2D eigenvalue weighted by Crippen LogP contribution is -2.40. The number of fused-ring (bicyclic) bond motifs is 2. The first kappa shape index (κ1) is 34.0. The number of nitro groups is 1. The number of aromatic nitrogens is 1. The summed E-state index contributed by atoms with van der Waals surface area (Å²) in [4.78, 5) is 28.1. The monoisotopic (exact) mass is 612 g/mol. The Morgan fingerprint density at radius 1 is 1.10 bits per heavy atom. The third kappa shape index (κ3) is 9.17. The van der Waals surface area contributed by atoms with Gasteiger partial charge in [0.25, 0.3) is 0 Å². The van der Waals surface area contributed by atoms with Gasteiger partial charge in [-0.15, -0.1) is 24.8 Å². The van der Waals surface area contributed by atoms with Crippen LogP contribution in [-0.2, 0) is 19.3 Å². The van der Waals surface area contributed by atoms with Crippen molar-refractivity contribution >= 4 is 52.1 Å². The number of nitrogens with zero attached hydrogens (tertiary/aromatic N) is 2. The van der Waals surface area contributed by atoms with E-state index in [-0.39, 0.29) is 40.3 Å². The average Bonchev–Trinajstić information content (AvgIpc) is 3.29. The third-order valence-corrected chi connectivity index (χ3v) is 8.40. The second-order valence-corrected chi connectivity index (χ2v) is 11.3. The van der Waals surface area contributed by atoms with Gasteiger partial charge in [-0.2, -0.15) is 0 Å². The van der Waals surface area contributed by atoms with Crippen molar-refractivity contribution in [2.24, 2.45) is 0 Å². The maximum atomic E-state index is 11.5. The molecule has 0 unspecified atom stereocenters. The Morgan fingerprint density at radius 3 is 2.65 bits per heavy atom. The van der Waals surface area contributed by atoms with Gasteiger partial charge in [0.1, 0.15) is 0 Å². The Morgan fingerprint density at radius 2 is 1.90 bits per heavy atom. The maximum Gasteiger partial charge on any atom is 0.311 e. The van der Waals surface area contributed by atoms with E-state index in [0.29, 0.717) is 11.8 Å². The Labute approximate surface area is 252 Å². The normalized spacial score (nSPS) is 14.4. The highest BCUT2D eigenvalue weighted by Crippen LogP contribution is 2.35. The van der Waals surface area contributed by atoms with Gasteiger partial charge in [-0.3, -0.25) is 14.9 Å². The summed E-state index contributed by atoms with van der Waals surface area (Å²) < 4.78 is 6.29. The fourth-order valence-electron chi connectivity index (χ4n) is 5.56. The molecule has 40 heavy (non-hydrogen) atoms. The Balaban J connectivity index is 0.00000280. The Hall–Kier alpha value is -2.17. The van der Waals surface area contributed by atoms with E-state index >= 15 is 0 Å². The molecule has 0 saturated heterocycles. The fourth-order valence-corrected chi connectivity index (χ4v) is 6.36. The Kier molecular flexibility index (Phi) is 14.4. The number of aromatic amines is 1. The SMILES string of the molecule is CCCN(CCCCCCNCCc1ccc2[nH]c(=O)sc2c1)[C@@H]1CCc2cc(OC)c([N+](=O)[O-])cc2C1.Cl.Cl. The van der Waals surface area contributed by atoms with Gasteiger partial charge in [0.2, 0.25) is 0 Å². The second-order valence-electron chi connectivity index (χ2n) is 10.2. The summed E-state index contributed by atoms with van der Waals surface area (Å²) in [6.07, 6.45) is 9.79. The highest BCUT2D eigenvalue weighted by atomic mass is 35.5. The van der Waals surface area contributed by atoms with E-state index in [4.69, 9.17) is 4.74 Å². The number of unbranched alkanes of at least 4 members (excludes halogenated alkanes) is 3. The van der Waals surface area contributed by atoms with Gasteiger partial charge in [-0.25, -0.2) is 0 Å². The summed E-state index contributed by atoms with van der Waals surface area (Å²) in [5.41, 5.74) is 4.55. The van der Waals surface area contributed by atoms with Crippen LogP contribution >= 0.6 is 36.2 Å². The van der Waals surface area contributed by atoms with Gasteiger partial charge in [0.05, 0.1) is 22.2 Å². The van der Waals surface area contributed by atoms with Crippen molar-refractivity contribution in [1.29, 1.82) is 0 Å². The number of benzene rings is 2. The molecule has 1 aliphatic carbocycles. The number of halogens is 2. The van der Waals surface area contributed by atoms with Crippen LogP contribution in [0.15, 0.2) is 35.1 Å². The van der Waals surface area contributed by atoms with Gasteiger partial charge in [-0.05, 0) is 106 Å². The molecule has 0 amide bonds. The molecule has 1 aromatic heterocycles. The number of nitro benzene ring substituents is 1. The van der Waals surface area contributed by atoms with Gasteiger partial charge in [-0.1, -0.05) is 37.2 Å². The van der Waals surface area contributed by atoms with Crippen molar-refractivity contribution in [3.05, 3.63) is 66.8 Å². The van der Waals surface area contributed by atoms with Crippen LogP contribution < -0.4 is 14.9 Å². The fraction of sp³-hybridized carbons (Fsp3) is 0.552. The molecule has 222 valence electrons. The third-order valence-electron chi connectivity index (χ3n) is 7.55. The largest absolute Gasteiger partial charge is 0.490 e. The summed E-state index contributed by atoms with van der Waals surface area (Å²) in [5.74, 6) is 0.365. The second kappa shape index (κ2) is 16.9. The number of hydrogen-bond acceptors (Lipinski definition) is 7. The number of rotatable bonds is 15. The number of thiazole rings is 1.